The van der Waals surface area contributed by atoms with Gasteiger partial charge in [-0.15, -0.1) is 0 Å². The molecular formula is C18H14N4O6. The average molecular weight is 382 g/mol. The lowest BCUT2D eigenvalue weighted by Gasteiger charge is -2.11. The smallest absolute Gasteiger partial charge is 0.357 e. The Kier molecular flexibility index (Phi) is 4.86. The number of nitro benzene ring substituents is 1. The zero-order valence-electron chi connectivity index (χ0n) is 14.6. The van der Waals surface area contributed by atoms with E-state index >= 15 is 0 Å². The predicted octanol–water partition coefficient (Wildman–Crippen LogP) is 1.95. The molecule has 2 N–H and O–H groups in total. The van der Waals surface area contributed by atoms with Gasteiger partial charge in [-0.05, 0) is 18.6 Å². The van der Waals surface area contributed by atoms with Gasteiger partial charge in [0.2, 0.25) is 5.91 Å². The van der Waals surface area contributed by atoms with Crippen LogP contribution in [0.2, 0.25) is 0 Å². The van der Waals surface area contributed by atoms with Gasteiger partial charge in [-0.25, -0.2) is 9.48 Å². The Balaban J connectivity index is 1.99. The molecule has 0 radical (unpaired) electrons. The minimum absolute atomic E-state index is 0.00444. The lowest BCUT2D eigenvalue weighted by molar-refractivity contribution is -0.384. The number of nitro groups is 1. The number of nitrogens with zero attached hydrogens (tertiary/aromatic N) is 3. The Morgan fingerprint density at radius 3 is 2.50 bits per heavy atom. The molecule has 0 saturated heterocycles. The average Bonchev–Trinajstić information content (AvgIpc) is 2.65. The topological polar surface area (TPSA) is 144 Å². The van der Waals surface area contributed by atoms with Gasteiger partial charge in [0, 0.05) is 11.5 Å². The molecule has 2 aromatic carbocycles. The van der Waals surface area contributed by atoms with Crippen LogP contribution in [0, 0.1) is 17.0 Å². The molecule has 0 bridgehead atoms. The number of aryl methyl sites for hydroxylation is 1. The molecule has 0 fully saturated rings. The normalized spacial score (nSPS) is 10.6. The van der Waals surface area contributed by atoms with Crippen molar-refractivity contribution >= 4 is 34.0 Å². The van der Waals surface area contributed by atoms with E-state index in [2.05, 4.69) is 10.4 Å². The lowest BCUT2D eigenvalue weighted by Crippen LogP contribution is -2.31. The molecule has 142 valence electrons. The number of fused-ring (bicyclic) bond motifs is 1. The molecule has 3 aromatic rings. The maximum Gasteiger partial charge on any atom is 0.357 e. The van der Waals surface area contributed by atoms with Crippen LogP contribution in [0.25, 0.3) is 10.8 Å². The summed E-state index contributed by atoms with van der Waals surface area (Å²) in [5.74, 6) is -2.10. The van der Waals surface area contributed by atoms with Gasteiger partial charge in [-0.3, -0.25) is 19.7 Å². The third-order valence-electron chi connectivity index (χ3n) is 4.08. The molecule has 3 rings (SSSR count). The van der Waals surface area contributed by atoms with E-state index in [1.165, 1.54) is 24.3 Å². The predicted molar refractivity (Wildman–Crippen MR) is 99.4 cm³/mol. The van der Waals surface area contributed by atoms with Crippen LogP contribution in [-0.2, 0) is 11.3 Å². The van der Waals surface area contributed by atoms with E-state index in [4.69, 9.17) is 0 Å². The van der Waals surface area contributed by atoms with Crippen LogP contribution < -0.4 is 10.9 Å². The standard InChI is InChI=1S/C18H14N4O6/c1-10-5-4-8-13(22(27)28)15(10)19-14(23)9-21-17(24)12-7-3-2-6-11(12)16(20-21)18(25)26/h2-8H,9H2,1H3,(H,19,23)(H,25,26). The number of benzene rings is 2. The maximum atomic E-state index is 12.6. The van der Waals surface area contributed by atoms with Crippen LogP contribution >= 0.6 is 0 Å². The molecule has 0 aliphatic heterocycles. The summed E-state index contributed by atoms with van der Waals surface area (Å²) in [6.45, 7) is 0.987. The molecule has 0 spiro atoms. The molecule has 1 heterocycles. The number of hydrogen-bond acceptors (Lipinski definition) is 6. The number of para-hydroxylation sites is 1. The minimum atomic E-state index is -1.35. The number of nitrogens with one attached hydrogen (secondary N) is 1. The first-order valence-corrected chi connectivity index (χ1v) is 8.06. The van der Waals surface area contributed by atoms with E-state index in [0.717, 1.165) is 4.68 Å². The van der Waals surface area contributed by atoms with Crippen LogP contribution in [-0.4, -0.2) is 31.7 Å². The highest BCUT2D eigenvalue weighted by molar-refractivity contribution is 6.01. The van der Waals surface area contributed by atoms with Gasteiger partial charge in [-0.1, -0.05) is 30.3 Å². The number of hydrogen-bond donors (Lipinski definition) is 2. The van der Waals surface area contributed by atoms with Gasteiger partial charge in [0.05, 0.1) is 10.3 Å². The monoisotopic (exact) mass is 382 g/mol. The lowest BCUT2D eigenvalue weighted by atomic mass is 10.1. The van der Waals surface area contributed by atoms with Crippen molar-refractivity contribution in [2.45, 2.75) is 13.5 Å². The highest BCUT2D eigenvalue weighted by atomic mass is 16.6. The fraction of sp³-hybridized carbons (Fsp3) is 0.111. The van der Waals surface area contributed by atoms with E-state index in [1.54, 1.807) is 25.1 Å². The quantitative estimate of drug-likeness (QED) is 0.507. The zero-order valence-corrected chi connectivity index (χ0v) is 14.6. The molecule has 0 aliphatic carbocycles. The van der Waals surface area contributed by atoms with E-state index in [9.17, 15) is 29.6 Å². The number of aromatic nitrogens is 2. The molecule has 0 saturated carbocycles. The molecule has 0 aliphatic rings. The molecule has 10 nitrogen and oxygen atoms in total. The van der Waals surface area contributed by atoms with E-state index < -0.39 is 28.9 Å². The van der Waals surface area contributed by atoms with Crippen LogP contribution in [0.1, 0.15) is 16.1 Å². The van der Waals surface area contributed by atoms with Crippen molar-refractivity contribution in [2.24, 2.45) is 0 Å². The van der Waals surface area contributed by atoms with Gasteiger partial charge in [-0.2, -0.15) is 5.10 Å². The molecule has 10 heteroatoms. The Labute approximate surface area is 157 Å². The number of anilines is 1. The van der Waals surface area contributed by atoms with Gasteiger partial charge in [0.25, 0.3) is 11.2 Å². The Morgan fingerprint density at radius 2 is 1.86 bits per heavy atom. The second-order valence-corrected chi connectivity index (χ2v) is 5.94. The summed E-state index contributed by atoms with van der Waals surface area (Å²) in [5, 5.41) is 26.9. The summed E-state index contributed by atoms with van der Waals surface area (Å²) in [7, 11) is 0. The summed E-state index contributed by atoms with van der Waals surface area (Å²) in [6, 6.07) is 10.3. The highest BCUT2D eigenvalue weighted by Crippen LogP contribution is 2.27. The fourth-order valence-corrected chi connectivity index (χ4v) is 2.78. The SMILES string of the molecule is Cc1cccc([N+](=O)[O-])c1NC(=O)Cn1nc(C(=O)O)c2ccccc2c1=O. The molecule has 0 atom stereocenters. The van der Waals surface area contributed by atoms with Gasteiger partial charge in [0.15, 0.2) is 5.69 Å². The summed E-state index contributed by atoms with van der Waals surface area (Å²) in [5.41, 5.74) is -0.837. The van der Waals surface area contributed by atoms with Gasteiger partial charge >= 0.3 is 5.97 Å². The number of rotatable bonds is 5. The molecule has 28 heavy (non-hydrogen) atoms. The summed E-state index contributed by atoms with van der Waals surface area (Å²) in [4.78, 5) is 46.9. The Morgan fingerprint density at radius 1 is 1.18 bits per heavy atom. The number of carbonyl (C=O) groups excluding carboxylic acids is 1. The molecule has 1 amide bonds. The van der Waals surface area contributed by atoms with Crippen LogP contribution in [0.4, 0.5) is 11.4 Å². The highest BCUT2D eigenvalue weighted by Gasteiger charge is 2.20. The third-order valence-corrected chi connectivity index (χ3v) is 4.08. The van der Waals surface area contributed by atoms with Crippen molar-refractivity contribution in [3.05, 3.63) is 74.2 Å². The summed E-state index contributed by atoms with van der Waals surface area (Å²) < 4.78 is 0.727. The number of amides is 1. The number of aromatic carboxylic acids is 1. The van der Waals surface area contributed by atoms with Crippen LogP contribution in [0.3, 0.4) is 0 Å². The summed E-state index contributed by atoms with van der Waals surface area (Å²) in [6.07, 6.45) is 0. The molecule has 0 unspecified atom stereocenters. The van der Waals surface area contributed by atoms with Crippen molar-refractivity contribution in [3.63, 3.8) is 0 Å². The molecule has 1 aromatic heterocycles. The summed E-state index contributed by atoms with van der Waals surface area (Å²) >= 11 is 0. The maximum absolute atomic E-state index is 12.6. The van der Waals surface area contributed by atoms with E-state index in [1.807, 2.05) is 0 Å². The number of carboxylic acids is 1. The van der Waals surface area contributed by atoms with E-state index in [-0.39, 0.29) is 27.8 Å². The first-order valence-electron chi connectivity index (χ1n) is 8.06. The zero-order chi connectivity index (χ0) is 20.4. The van der Waals surface area contributed by atoms with Crippen molar-refractivity contribution in [1.82, 2.24) is 9.78 Å². The minimum Gasteiger partial charge on any atom is -0.476 e. The Bertz CT molecular complexity index is 1180. The van der Waals surface area contributed by atoms with Crippen LogP contribution in [0.15, 0.2) is 47.3 Å². The second-order valence-electron chi connectivity index (χ2n) is 5.94. The van der Waals surface area contributed by atoms with Gasteiger partial charge in [0.1, 0.15) is 12.2 Å². The van der Waals surface area contributed by atoms with Crippen LogP contribution in [0.5, 0.6) is 0 Å². The van der Waals surface area contributed by atoms with Crippen molar-refractivity contribution in [3.8, 4) is 0 Å². The third kappa shape index (κ3) is 3.43. The first kappa shape index (κ1) is 18.7. The fourth-order valence-electron chi connectivity index (χ4n) is 2.78. The number of carboxylic acid groups (broad SMARTS) is 1. The van der Waals surface area contributed by atoms with Gasteiger partial charge < -0.3 is 10.4 Å². The largest absolute Gasteiger partial charge is 0.476 e. The molecular weight excluding hydrogens is 368 g/mol. The first-order chi connectivity index (χ1) is 13.3. The van der Waals surface area contributed by atoms with Crippen molar-refractivity contribution in [1.29, 1.82) is 0 Å². The van der Waals surface area contributed by atoms with Crippen molar-refractivity contribution < 1.29 is 19.6 Å². The Hall–Kier alpha value is -4.08. The van der Waals surface area contributed by atoms with E-state index in [0.29, 0.717) is 5.56 Å². The second kappa shape index (κ2) is 7.27. The van der Waals surface area contributed by atoms with Crippen molar-refractivity contribution in [2.75, 3.05) is 5.32 Å². The number of carbonyl (C=O) groups is 2.